The van der Waals surface area contributed by atoms with Gasteiger partial charge in [0.1, 0.15) is 0 Å². The molecule has 1 aliphatic carbocycles. The second kappa shape index (κ2) is 7.92. The van der Waals surface area contributed by atoms with E-state index in [0.29, 0.717) is 19.4 Å². The van der Waals surface area contributed by atoms with Gasteiger partial charge in [-0.3, -0.25) is 9.47 Å². The third-order valence-corrected chi connectivity index (χ3v) is 6.31. The van der Waals surface area contributed by atoms with Crippen LogP contribution in [-0.2, 0) is 19.4 Å². The summed E-state index contributed by atoms with van der Waals surface area (Å²) in [6, 6.07) is 6.73. The maximum absolute atomic E-state index is 10.4. The third-order valence-electron chi connectivity index (χ3n) is 6.31. The van der Waals surface area contributed by atoms with Gasteiger partial charge < -0.3 is 15.1 Å². The van der Waals surface area contributed by atoms with Crippen LogP contribution in [0.1, 0.15) is 28.7 Å². The fourth-order valence-corrected chi connectivity index (χ4v) is 4.34. The van der Waals surface area contributed by atoms with E-state index >= 15 is 0 Å². The Morgan fingerprint density at radius 1 is 0.821 bits per heavy atom. The predicted molar refractivity (Wildman–Crippen MR) is 113 cm³/mol. The molecule has 1 aromatic carbocycles. The number of fused-ring (bicyclic) bond motifs is 1. The van der Waals surface area contributed by atoms with Crippen molar-refractivity contribution in [2.75, 3.05) is 37.6 Å². The highest BCUT2D eigenvalue weighted by Crippen LogP contribution is 2.36. The highest BCUT2D eigenvalue weighted by molar-refractivity contribution is 5.51. The van der Waals surface area contributed by atoms with Crippen molar-refractivity contribution in [2.45, 2.75) is 39.7 Å². The summed E-state index contributed by atoms with van der Waals surface area (Å²) >= 11 is 0. The second-order valence-electron chi connectivity index (χ2n) is 8.09. The molecular formula is C23H31N3O2. The number of rotatable bonds is 5. The Kier molecular flexibility index (Phi) is 5.36. The highest BCUT2D eigenvalue weighted by Gasteiger charge is 2.23. The minimum Gasteiger partial charge on any atom is -0.494 e. The molecule has 0 spiro atoms. The monoisotopic (exact) mass is 381 g/mol. The van der Waals surface area contributed by atoms with Crippen molar-refractivity contribution in [3.8, 4) is 11.8 Å². The second-order valence-corrected chi connectivity index (χ2v) is 8.09. The van der Waals surface area contributed by atoms with E-state index in [2.05, 4.69) is 54.0 Å². The van der Waals surface area contributed by atoms with Crippen molar-refractivity contribution in [3.05, 3.63) is 52.6 Å². The van der Waals surface area contributed by atoms with Gasteiger partial charge in [0.25, 0.3) is 0 Å². The summed E-state index contributed by atoms with van der Waals surface area (Å²) in [5.74, 6) is 0.493. The van der Waals surface area contributed by atoms with Gasteiger partial charge in [-0.2, -0.15) is 0 Å². The lowest BCUT2D eigenvalue weighted by Gasteiger charge is -2.36. The summed E-state index contributed by atoms with van der Waals surface area (Å²) in [5, 5.41) is 20.9. The lowest BCUT2D eigenvalue weighted by Crippen LogP contribution is -2.46. The Labute approximate surface area is 167 Å². The first-order chi connectivity index (χ1) is 13.5. The average molecular weight is 382 g/mol. The van der Waals surface area contributed by atoms with Gasteiger partial charge in [0.2, 0.25) is 0 Å². The summed E-state index contributed by atoms with van der Waals surface area (Å²) in [5.41, 5.74) is 5.80. The van der Waals surface area contributed by atoms with Crippen molar-refractivity contribution in [2.24, 2.45) is 0 Å². The molecule has 5 nitrogen and oxygen atoms in total. The van der Waals surface area contributed by atoms with E-state index < -0.39 is 0 Å². The number of piperazine rings is 1. The van der Waals surface area contributed by atoms with Gasteiger partial charge in [-0.05, 0) is 62.9 Å². The van der Waals surface area contributed by atoms with Crippen molar-refractivity contribution < 1.29 is 10.2 Å². The summed E-state index contributed by atoms with van der Waals surface area (Å²) in [6.45, 7) is 10.2. The molecule has 28 heavy (non-hydrogen) atoms. The molecule has 1 aromatic heterocycles. The van der Waals surface area contributed by atoms with Gasteiger partial charge in [-0.15, -0.1) is 0 Å². The molecule has 5 heteroatoms. The lowest BCUT2D eigenvalue weighted by molar-refractivity contribution is 0.246. The first kappa shape index (κ1) is 18.9. The normalized spacial score (nSPS) is 17.1. The van der Waals surface area contributed by atoms with E-state index in [1.807, 2.05) is 0 Å². The highest BCUT2D eigenvalue weighted by atomic mass is 16.3. The number of aryl methyl sites for hydroxylation is 2. The number of aromatic nitrogens is 1. The number of aromatic hydroxyl groups is 2. The lowest BCUT2D eigenvalue weighted by atomic mass is 10.0. The summed E-state index contributed by atoms with van der Waals surface area (Å²) in [4.78, 5) is 4.95. The number of hydrogen-bond acceptors (Lipinski definition) is 4. The van der Waals surface area contributed by atoms with Crippen LogP contribution < -0.4 is 4.90 Å². The van der Waals surface area contributed by atoms with Crippen LogP contribution in [0.2, 0.25) is 0 Å². The quantitative estimate of drug-likeness (QED) is 0.780. The van der Waals surface area contributed by atoms with E-state index in [-0.39, 0.29) is 11.8 Å². The molecule has 0 atom stereocenters. The van der Waals surface area contributed by atoms with E-state index in [0.717, 1.165) is 50.3 Å². The van der Waals surface area contributed by atoms with Gasteiger partial charge in [-0.1, -0.05) is 18.2 Å². The van der Waals surface area contributed by atoms with Crippen LogP contribution in [0.25, 0.3) is 0 Å². The van der Waals surface area contributed by atoms with Crippen LogP contribution in [0, 0.1) is 13.8 Å². The summed E-state index contributed by atoms with van der Waals surface area (Å²) < 4.78 is 1.68. The molecule has 150 valence electrons. The molecule has 0 amide bonds. The Hall–Kier alpha value is -2.40. The molecule has 2 N–H and O–H groups in total. The SMILES string of the molecule is Cc1ccc(N2CCN(CCCn3c(O)c4c(c3O)CC=CC4)CC2)cc1C. The van der Waals surface area contributed by atoms with Crippen LogP contribution in [0.5, 0.6) is 11.8 Å². The topological polar surface area (TPSA) is 51.9 Å². The molecule has 0 bridgehead atoms. The molecule has 0 radical (unpaired) electrons. The number of benzene rings is 1. The average Bonchev–Trinajstić information content (AvgIpc) is 2.96. The standard InChI is InChI=1S/C23H31N3O2/c1-17-8-9-19(16-18(17)2)25-14-12-24(13-15-25)10-5-11-26-22(27)20-6-3-4-7-21(20)23(26)28/h3-4,8-9,16,27-28H,5-7,10-15H2,1-2H3. The van der Waals surface area contributed by atoms with Gasteiger partial charge in [0.15, 0.2) is 11.8 Å². The summed E-state index contributed by atoms with van der Waals surface area (Å²) in [7, 11) is 0. The first-order valence-corrected chi connectivity index (χ1v) is 10.4. The minimum absolute atomic E-state index is 0.247. The van der Waals surface area contributed by atoms with Gasteiger partial charge >= 0.3 is 0 Å². The van der Waals surface area contributed by atoms with Gasteiger partial charge in [0, 0.05) is 49.5 Å². The Bertz CT molecular complexity index is 845. The van der Waals surface area contributed by atoms with E-state index in [4.69, 9.17) is 0 Å². The zero-order chi connectivity index (χ0) is 19.7. The fraction of sp³-hybridized carbons (Fsp3) is 0.478. The molecule has 1 fully saturated rings. The predicted octanol–water partition coefficient (Wildman–Crippen LogP) is 3.38. The maximum atomic E-state index is 10.4. The number of anilines is 1. The molecule has 0 unspecified atom stereocenters. The number of allylic oxidation sites excluding steroid dienone is 2. The van der Waals surface area contributed by atoms with Crippen molar-refractivity contribution in [1.29, 1.82) is 0 Å². The molecule has 2 heterocycles. The molecule has 0 saturated carbocycles. The Morgan fingerprint density at radius 3 is 2.07 bits per heavy atom. The smallest absolute Gasteiger partial charge is 0.197 e. The van der Waals surface area contributed by atoms with Crippen LogP contribution >= 0.6 is 0 Å². The number of nitrogens with zero attached hydrogens (tertiary/aromatic N) is 3. The largest absolute Gasteiger partial charge is 0.494 e. The third kappa shape index (κ3) is 3.63. The van der Waals surface area contributed by atoms with Crippen LogP contribution in [0.15, 0.2) is 30.4 Å². The maximum Gasteiger partial charge on any atom is 0.197 e. The van der Waals surface area contributed by atoms with Crippen LogP contribution in [0.4, 0.5) is 5.69 Å². The van der Waals surface area contributed by atoms with Crippen molar-refractivity contribution >= 4 is 5.69 Å². The Balaban J connectivity index is 1.28. The zero-order valence-electron chi connectivity index (χ0n) is 17.0. The van der Waals surface area contributed by atoms with E-state index in [9.17, 15) is 10.2 Å². The molecule has 1 aliphatic heterocycles. The molecular weight excluding hydrogens is 350 g/mol. The van der Waals surface area contributed by atoms with Crippen LogP contribution in [0.3, 0.4) is 0 Å². The number of hydrogen-bond donors (Lipinski definition) is 2. The van der Waals surface area contributed by atoms with Crippen LogP contribution in [-0.4, -0.2) is 52.4 Å². The Morgan fingerprint density at radius 2 is 1.46 bits per heavy atom. The molecule has 1 saturated heterocycles. The summed E-state index contributed by atoms with van der Waals surface area (Å²) in [6.07, 6.45) is 6.46. The van der Waals surface area contributed by atoms with Crippen molar-refractivity contribution in [1.82, 2.24) is 9.47 Å². The molecule has 4 rings (SSSR count). The van der Waals surface area contributed by atoms with E-state index in [1.54, 1.807) is 4.57 Å². The molecule has 2 aromatic rings. The van der Waals surface area contributed by atoms with Gasteiger partial charge in [-0.25, -0.2) is 0 Å². The zero-order valence-corrected chi connectivity index (χ0v) is 17.0. The van der Waals surface area contributed by atoms with Crippen molar-refractivity contribution in [3.63, 3.8) is 0 Å². The van der Waals surface area contributed by atoms with Gasteiger partial charge in [0.05, 0.1) is 0 Å². The minimum atomic E-state index is 0.247. The fourth-order valence-electron chi connectivity index (χ4n) is 4.34. The molecule has 2 aliphatic rings. The van der Waals surface area contributed by atoms with E-state index in [1.165, 1.54) is 16.8 Å². The first-order valence-electron chi connectivity index (χ1n) is 10.4.